The Morgan fingerprint density at radius 3 is 2.58 bits per heavy atom. The van der Waals surface area contributed by atoms with Crippen molar-refractivity contribution < 1.29 is 27.1 Å². The van der Waals surface area contributed by atoms with E-state index in [2.05, 4.69) is 10.2 Å². The van der Waals surface area contributed by atoms with Crippen LogP contribution < -0.4 is 0 Å². The lowest BCUT2D eigenvalue weighted by Crippen LogP contribution is -2.07. The normalized spacial score (nSPS) is 13.2. The number of alkyl halides is 3. The molecule has 0 amide bonds. The molecule has 2 rings (SSSR count). The van der Waals surface area contributed by atoms with Crippen LogP contribution in [-0.2, 0) is 12.8 Å². The first-order valence-corrected chi connectivity index (χ1v) is 7.57. The molecule has 0 bridgehead atoms. The van der Waals surface area contributed by atoms with Crippen molar-refractivity contribution in [1.82, 2.24) is 10.2 Å². The largest absolute Gasteiger partial charge is 0.425 e. The highest BCUT2D eigenvalue weighted by atomic mass is 19.4. The van der Waals surface area contributed by atoms with Crippen LogP contribution in [-0.4, -0.2) is 21.5 Å². The standard InChI is InChI=1S/C16H18F4N2O2/c1-10-21-22-15(24-10)9-14(23)12-8-11(5-6-13(12)17)4-2-3-7-16(18,19)20/h5-6,8,14,23H,2-4,7,9H2,1H3. The molecule has 0 fully saturated rings. The smallest absolute Gasteiger partial charge is 0.389 e. The Labute approximate surface area is 136 Å². The zero-order chi connectivity index (χ0) is 17.7. The van der Waals surface area contributed by atoms with Gasteiger partial charge in [-0.3, -0.25) is 0 Å². The average molecular weight is 346 g/mol. The second kappa shape index (κ2) is 7.74. The van der Waals surface area contributed by atoms with Crippen molar-refractivity contribution in [3.8, 4) is 0 Å². The molecule has 0 saturated heterocycles. The van der Waals surface area contributed by atoms with Crippen LogP contribution in [0.15, 0.2) is 22.6 Å². The van der Waals surface area contributed by atoms with Crippen molar-refractivity contribution in [2.75, 3.05) is 0 Å². The molecule has 132 valence electrons. The molecule has 1 unspecified atom stereocenters. The van der Waals surface area contributed by atoms with E-state index in [1.54, 1.807) is 6.92 Å². The lowest BCUT2D eigenvalue weighted by molar-refractivity contribution is -0.135. The molecule has 0 radical (unpaired) electrons. The van der Waals surface area contributed by atoms with Gasteiger partial charge in [0.2, 0.25) is 11.8 Å². The number of hydrogen-bond donors (Lipinski definition) is 1. The summed E-state index contributed by atoms with van der Waals surface area (Å²) in [4.78, 5) is 0. The molecular weight excluding hydrogens is 328 g/mol. The van der Waals surface area contributed by atoms with Crippen LogP contribution in [0.4, 0.5) is 17.6 Å². The van der Waals surface area contributed by atoms with E-state index in [0.717, 1.165) is 0 Å². The summed E-state index contributed by atoms with van der Waals surface area (Å²) in [6.07, 6.45) is -5.46. The number of aliphatic hydroxyl groups excluding tert-OH is 1. The first kappa shape index (κ1) is 18.4. The molecular formula is C16H18F4N2O2. The summed E-state index contributed by atoms with van der Waals surface area (Å²) in [6, 6.07) is 4.18. The maximum Gasteiger partial charge on any atom is 0.389 e. The van der Waals surface area contributed by atoms with Crippen molar-refractivity contribution >= 4 is 0 Å². The maximum atomic E-state index is 13.9. The predicted octanol–water partition coefficient (Wildman–Crippen LogP) is 4.07. The van der Waals surface area contributed by atoms with Crippen molar-refractivity contribution in [1.29, 1.82) is 0 Å². The zero-order valence-corrected chi connectivity index (χ0v) is 13.1. The highest BCUT2D eigenvalue weighted by Gasteiger charge is 2.25. The first-order valence-electron chi connectivity index (χ1n) is 7.57. The maximum absolute atomic E-state index is 13.9. The van der Waals surface area contributed by atoms with Crippen LogP contribution >= 0.6 is 0 Å². The monoisotopic (exact) mass is 346 g/mol. The molecule has 1 aromatic carbocycles. The number of aliphatic hydroxyl groups is 1. The zero-order valence-electron chi connectivity index (χ0n) is 13.1. The third kappa shape index (κ3) is 5.59. The quantitative estimate of drug-likeness (QED) is 0.606. The molecule has 24 heavy (non-hydrogen) atoms. The lowest BCUT2D eigenvalue weighted by atomic mass is 9.99. The summed E-state index contributed by atoms with van der Waals surface area (Å²) in [5.41, 5.74) is 0.744. The van der Waals surface area contributed by atoms with Gasteiger partial charge in [0.05, 0.1) is 12.5 Å². The summed E-state index contributed by atoms with van der Waals surface area (Å²) in [7, 11) is 0. The van der Waals surface area contributed by atoms with E-state index in [-0.39, 0.29) is 24.3 Å². The first-order chi connectivity index (χ1) is 11.2. The third-order valence-corrected chi connectivity index (χ3v) is 3.53. The molecule has 1 atom stereocenters. The van der Waals surface area contributed by atoms with Crippen LogP contribution in [0.5, 0.6) is 0 Å². The molecule has 0 aliphatic carbocycles. The molecule has 1 N–H and O–H groups in total. The van der Waals surface area contributed by atoms with Gasteiger partial charge in [0, 0.05) is 18.9 Å². The Balaban J connectivity index is 1.97. The van der Waals surface area contributed by atoms with E-state index in [4.69, 9.17) is 4.42 Å². The van der Waals surface area contributed by atoms with Crippen molar-refractivity contribution in [2.45, 2.75) is 51.3 Å². The van der Waals surface area contributed by atoms with Gasteiger partial charge < -0.3 is 9.52 Å². The highest BCUT2D eigenvalue weighted by molar-refractivity contribution is 5.27. The van der Waals surface area contributed by atoms with Gasteiger partial charge in [0.25, 0.3) is 0 Å². The topological polar surface area (TPSA) is 59.2 Å². The minimum atomic E-state index is -4.16. The van der Waals surface area contributed by atoms with Crippen LogP contribution in [0.25, 0.3) is 0 Å². The number of aromatic nitrogens is 2. The lowest BCUT2D eigenvalue weighted by Gasteiger charge is -2.12. The molecule has 2 aromatic rings. The molecule has 1 aromatic heterocycles. The van der Waals surface area contributed by atoms with E-state index >= 15 is 0 Å². The molecule has 0 aliphatic heterocycles. The number of unbranched alkanes of at least 4 members (excludes halogenated alkanes) is 1. The minimum absolute atomic E-state index is 0.0139. The second-order valence-corrected chi connectivity index (χ2v) is 5.61. The van der Waals surface area contributed by atoms with Crippen molar-refractivity contribution in [2.24, 2.45) is 0 Å². The van der Waals surface area contributed by atoms with Crippen LogP contribution in [0, 0.1) is 12.7 Å². The Morgan fingerprint density at radius 2 is 1.96 bits per heavy atom. The fraction of sp³-hybridized carbons (Fsp3) is 0.500. The molecule has 0 spiro atoms. The summed E-state index contributed by atoms with van der Waals surface area (Å²) in [5, 5.41) is 17.5. The predicted molar refractivity (Wildman–Crippen MR) is 77.7 cm³/mol. The van der Waals surface area contributed by atoms with E-state index < -0.39 is 24.5 Å². The van der Waals surface area contributed by atoms with Crippen molar-refractivity contribution in [3.05, 3.63) is 46.9 Å². The number of aryl methyl sites for hydroxylation is 2. The highest BCUT2D eigenvalue weighted by Crippen LogP contribution is 2.25. The van der Waals surface area contributed by atoms with Crippen molar-refractivity contribution in [3.63, 3.8) is 0 Å². The summed E-state index contributed by atoms with van der Waals surface area (Å²) in [6.45, 7) is 1.60. The van der Waals surface area contributed by atoms with Gasteiger partial charge in [0.15, 0.2) is 0 Å². The van der Waals surface area contributed by atoms with E-state index in [1.165, 1.54) is 18.2 Å². The molecule has 1 heterocycles. The van der Waals surface area contributed by atoms with Gasteiger partial charge in [-0.15, -0.1) is 10.2 Å². The number of halogens is 4. The Kier molecular flexibility index (Phi) is 5.93. The summed E-state index contributed by atoms with van der Waals surface area (Å²) < 4.78 is 55.4. The fourth-order valence-electron chi connectivity index (χ4n) is 2.35. The van der Waals surface area contributed by atoms with E-state index in [9.17, 15) is 22.7 Å². The molecule has 8 heteroatoms. The van der Waals surface area contributed by atoms with E-state index in [0.29, 0.717) is 24.3 Å². The minimum Gasteiger partial charge on any atom is -0.425 e. The van der Waals surface area contributed by atoms with Crippen LogP contribution in [0.3, 0.4) is 0 Å². The Bertz CT molecular complexity index is 670. The van der Waals surface area contributed by atoms with Crippen LogP contribution in [0.2, 0.25) is 0 Å². The SMILES string of the molecule is Cc1nnc(CC(O)c2cc(CCCCC(F)(F)F)ccc2F)o1. The van der Waals surface area contributed by atoms with Gasteiger partial charge in [-0.05, 0) is 30.9 Å². The van der Waals surface area contributed by atoms with Gasteiger partial charge >= 0.3 is 6.18 Å². The average Bonchev–Trinajstić information content (AvgIpc) is 2.89. The number of hydrogen-bond acceptors (Lipinski definition) is 4. The number of nitrogens with zero attached hydrogens (tertiary/aromatic N) is 2. The molecule has 4 nitrogen and oxygen atoms in total. The van der Waals surface area contributed by atoms with Gasteiger partial charge in [0.1, 0.15) is 5.82 Å². The Hall–Kier alpha value is -1.96. The fourth-order valence-corrected chi connectivity index (χ4v) is 2.35. The number of rotatable bonds is 7. The van der Waals surface area contributed by atoms with Gasteiger partial charge in [-0.2, -0.15) is 13.2 Å². The number of benzene rings is 1. The summed E-state index contributed by atoms with van der Waals surface area (Å²) in [5.74, 6) is -0.0520. The summed E-state index contributed by atoms with van der Waals surface area (Å²) >= 11 is 0. The molecule has 0 aliphatic rings. The van der Waals surface area contributed by atoms with Crippen LogP contribution in [0.1, 0.15) is 48.3 Å². The molecule has 0 saturated carbocycles. The van der Waals surface area contributed by atoms with Gasteiger partial charge in [-0.25, -0.2) is 4.39 Å². The third-order valence-electron chi connectivity index (χ3n) is 3.53. The van der Waals surface area contributed by atoms with Gasteiger partial charge in [-0.1, -0.05) is 12.1 Å². The second-order valence-electron chi connectivity index (χ2n) is 5.61. The Morgan fingerprint density at radius 1 is 1.21 bits per heavy atom. The van der Waals surface area contributed by atoms with E-state index in [1.807, 2.05) is 0 Å².